The Morgan fingerprint density at radius 1 is 1.24 bits per heavy atom. The molecule has 1 aromatic heterocycles. The maximum Gasteiger partial charge on any atom is 0.543 e. The molecule has 5 N–H and O–H groups in total. The molecule has 0 aliphatic carbocycles. The van der Waals surface area contributed by atoms with Gasteiger partial charge in [0, 0.05) is 0 Å². The molecule has 0 radical (unpaired) electrons. The van der Waals surface area contributed by atoms with Crippen LogP contribution < -0.4 is 4.62 Å². The second kappa shape index (κ2) is 6.33. The standard InChI is InChI=1S/C14H19N2O8P/c1-6-3-8-9(4-7(6)2)16(24-25(20,21)22)14(15-8)13-12(19)11(18)10(5-17)23-13/h3-4,10-13,17-19H,5H2,1-2H3,(H2,20,21,22)/t10-,11-,12-,13?/m1/s1. The Balaban J connectivity index is 2.17. The Kier molecular flexibility index (Phi) is 4.63. The van der Waals surface area contributed by atoms with Crippen LogP contribution in [0.4, 0.5) is 0 Å². The number of hydrogen-bond acceptors (Lipinski definition) is 7. The van der Waals surface area contributed by atoms with E-state index < -0.39 is 38.8 Å². The fourth-order valence-corrected chi connectivity index (χ4v) is 3.20. The fourth-order valence-electron chi connectivity index (χ4n) is 2.81. The number of hydrogen-bond donors (Lipinski definition) is 5. The predicted molar refractivity (Wildman–Crippen MR) is 84.5 cm³/mol. The minimum atomic E-state index is -4.94. The van der Waals surface area contributed by atoms with Gasteiger partial charge in [-0.05, 0) is 37.1 Å². The van der Waals surface area contributed by atoms with Gasteiger partial charge in [0.2, 0.25) is 0 Å². The highest BCUT2D eigenvalue weighted by Crippen LogP contribution is 2.38. The smallest absolute Gasteiger partial charge is 0.394 e. The lowest BCUT2D eigenvalue weighted by Gasteiger charge is -2.17. The van der Waals surface area contributed by atoms with Crippen LogP contribution in [0.15, 0.2) is 12.1 Å². The van der Waals surface area contributed by atoms with Gasteiger partial charge in [-0.3, -0.25) is 9.79 Å². The third-order valence-corrected chi connectivity index (χ3v) is 4.61. The summed E-state index contributed by atoms with van der Waals surface area (Å²) >= 11 is 0. The van der Waals surface area contributed by atoms with E-state index in [2.05, 4.69) is 4.98 Å². The zero-order valence-electron chi connectivity index (χ0n) is 13.5. The number of benzene rings is 1. The van der Waals surface area contributed by atoms with E-state index in [1.54, 1.807) is 12.1 Å². The molecule has 1 aliphatic heterocycles. The predicted octanol–water partition coefficient (Wildman–Crippen LogP) is -0.672. The second-order valence-electron chi connectivity index (χ2n) is 6.02. The highest BCUT2D eigenvalue weighted by Gasteiger charge is 2.46. The van der Waals surface area contributed by atoms with Crippen molar-refractivity contribution in [1.29, 1.82) is 0 Å². The van der Waals surface area contributed by atoms with Crippen LogP contribution in [-0.2, 0) is 9.30 Å². The highest BCUT2D eigenvalue weighted by atomic mass is 31.2. The molecule has 1 aromatic carbocycles. The van der Waals surface area contributed by atoms with E-state index in [1.165, 1.54) is 0 Å². The Bertz CT molecular complexity index is 847. The number of aryl methyl sites for hydroxylation is 2. The van der Waals surface area contributed by atoms with E-state index in [1.807, 2.05) is 13.8 Å². The summed E-state index contributed by atoms with van der Waals surface area (Å²) < 4.78 is 22.3. The summed E-state index contributed by atoms with van der Waals surface area (Å²) in [5.41, 5.74) is 2.40. The van der Waals surface area contributed by atoms with Crippen molar-refractivity contribution in [2.45, 2.75) is 38.3 Å². The minimum Gasteiger partial charge on any atom is -0.394 e. The van der Waals surface area contributed by atoms with E-state index in [0.29, 0.717) is 5.52 Å². The van der Waals surface area contributed by atoms with Crippen molar-refractivity contribution in [3.8, 4) is 0 Å². The lowest BCUT2D eigenvalue weighted by atomic mass is 10.1. The number of aliphatic hydroxyl groups excluding tert-OH is 3. The summed E-state index contributed by atoms with van der Waals surface area (Å²) in [6, 6.07) is 3.34. The number of aliphatic hydroxyl groups is 3. The van der Waals surface area contributed by atoms with Gasteiger partial charge in [-0.15, -0.1) is 0 Å². The van der Waals surface area contributed by atoms with Crippen molar-refractivity contribution in [2.24, 2.45) is 0 Å². The molecule has 1 saturated heterocycles. The quantitative estimate of drug-likeness (QED) is 0.438. The zero-order valence-corrected chi connectivity index (χ0v) is 14.4. The van der Waals surface area contributed by atoms with Crippen LogP contribution >= 0.6 is 7.82 Å². The summed E-state index contributed by atoms with van der Waals surface area (Å²) in [5.74, 6) is -0.120. The van der Waals surface area contributed by atoms with Crippen molar-refractivity contribution in [3.63, 3.8) is 0 Å². The van der Waals surface area contributed by atoms with Gasteiger partial charge in [0.05, 0.1) is 12.1 Å². The van der Waals surface area contributed by atoms with Crippen LogP contribution in [0.3, 0.4) is 0 Å². The van der Waals surface area contributed by atoms with Crippen molar-refractivity contribution in [2.75, 3.05) is 6.61 Å². The molecule has 138 valence electrons. The number of rotatable bonds is 4. The van der Waals surface area contributed by atoms with Gasteiger partial charge in [0.1, 0.15) is 29.9 Å². The Morgan fingerprint density at radius 3 is 2.44 bits per heavy atom. The zero-order chi connectivity index (χ0) is 18.5. The molecule has 0 spiro atoms. The lowest BCUT2D eigenvalue weighted by Crippen LogP contribution is -2.32. The van der Waals surface area contributed by atoms with Crippen molar-refractivity contribution < 1.29 is 39.0 Å². The molecule has 4 atom stereocenters. The average molecular weight is 374 g/mol. The van der Waals surface area contributed by atoms with Gasteiger partial charge >= 0.3 is 7.82 Å². The van der Waals surface area contributed by atoms with Crippen LogP contribution in [0.25, 0.3) is 11.0 Å². The third-order valence-electron chi connectivity index (χ3n) is 4.24. The highest BCUT2D eigenvalue weighted by molar-refractivity contribution is 7.46. The first-order valence-corrected chi connectivity index (χ1v) is 9.03. The van der Waals surface area contributed by atoms with Crippen LogP contribution in [-0.4, -0.2) is 59.7 Å². The van der Waals surface area contributed by atoms with Gasteiger partial charge in [0.15, 0.2) is 5.82 Å². The first-order valence-electron chi connectivity index (χ1n) is 7.50. The van der Waals surface area contributed by atoms with Gasteiger partial charge in [-0.25, -0.2) is 9.55 Å². The number of imidazole rings is 1. The number of phosphoric acid groups is 1. The minimum absolute atomic E-state index is 0.120. The Morgan fingerprint density at radius 2 is 1.88 bits per heavy atom. The Labute approximate surface area is 142 Å². The summed E-state index contributed by atoms with van der Waals surface area (Å²) in [4.78, 5) is 22.7. The van der Waals surface area contributed by atoms with E-state index in [4.69, 9.17) is 9.36 Å². The second-order valence-corrected chi connectivity index (χ2v) is 7.17. The molecule has 10 nitrogen and oxygen atoms in total. The fraction of sp³-hybridized carbons (Fsp3) is 0.500. The van der Waals surface area contributed by atoms with Gasteiger partial charge in [-0.2, -0.15) is 4.73 Å². The molecule has 2 heterocycles. The number of ether oxygens (including phenoxy) is 1. The average Bonchev–Trinajstić information content (AvgIpc) is 2.98. The van der Waals surface area contributed by atoms with Gasteiger partial charge in [0.25, 0.3) is 0 Å². The van der Waals surface area contributed by atoms with Crippen LogP contribution in [0, 0.1) is 13.8 Å². The first kappa shape index (κ1) is 18.3. The molecule has 11 heteroatoms. The van der Waals surface area contributed by atoms with Crippen LogP contribution in [0.1, 0.15) is 23.1 Å². The maximum atomic E-state index is 11.4. The van der Waals surface area contributed by atoms with E-state index in [0.717, 1.165) is 15.9 Å². The molecule has 2 aromatic rings. The monoisotopic (exact) mass is 374 g/mol. The third kappa shape index (κ3) is 3.30. The molecular weight excluding hydrogens is 355 g/mol. The molecule has 25 heavy (non-hydrogen) atoms. The van der Waals surface area contributed by atoms with Gasteiger partial charge in [-0.1, -0.05) is 0 Å². The maximum absolute atomic E-state index is 11.4. The lowest BCUT2D eigenvalue weighted by molar-refractivity contribution is -0.0295. The molecule has 0 amide bonds. The number of nitrogens with zero attached hydrogens (tertiary/aromatic N) is 2. The molecular formula is C14H19N2O8P. The summed E-state index contributed by atoms with van der Waals surface area (Å²) in [6.45, 7) is 3.13. The largest absolute Gasteiger partial charge is 0.543 e. The summed E-state index contributed by atoms with van der Waals surface area (Å²) in [6.07, 6.45) is -5.10. The molecule has 1 unspecified atom stereocenters. The molecule has 0 bridgehead atoms. The molecule has 3 rings (SSSR count). The normalized spacial score (nSPS) is 27.2. The van der Waals surface area contributed by atoms with E-state index in [9.17, 15) is 29.7 Å². The summed E-state index contributed by atoms with van der Waals surface area (Å²) in [5, 5.41) is 29.3. The van der Waals surface area contributed by atoms with Crippen molar-refractivity contribution in [3.05, 3.63) is 29.1 Å². The topological polar surface area (TPSA) is 154 Å². The van der Waals surface area contributed by atoms with Crippen molar-refractivity contribution >= 4 is 18.9 Å². The summed E-state index contributed by atoms with van der Waals surface area (Å²) in [7, 11) is -4.94. The van der Waals surface area contributed by atoms with Crippen LogP contribution in [0.2, 0.25) is 0 Å². The Hall–Kier alpha value is -1.52. The van der Waals surface area contributed by atoms with Gasteiger partial charge < -0.3 is 24.7 Å². The van der Waals surface area contributed by atoms with E-state index in [-0.39, 0.29) is 11.3 Å². The first-order chi connectivity index (χ1) is 11.6. The molecule has 0 saturated carbocycles. The number of fused-ring (bicyclic) bond motifs is 1. The number of aromatic nitrogens is 2. The SMILES string of the molecule is Cc1cc2nc(C3O[C@H](CO)[C@@H](O)[C@H]3O)n(OP(=O)(O)O)c2cc1C. The molecule has 1 aliphatic rings. The molecule has 1 fully saturated rings. The van der Waals surface area contributed by atoms with Crippen molar-refractivity contribution in [1.82, 2.24) is 9.71 Å². The van der Waals surface area contributed by atoms with Crippen LogP contribution in [0.5, 0.6) is 0 Å². The van der Waals surface area contributed by atoms with E-state index >= 15 is 0 Å².